The molecule has 4 heteroatoms. The summed E-state index contributed by atoms with van der Waals surface area (Å²) in [5.41, 5.74) is 5.58. The monoisotopic (exact) mass is 527 g/mol. The summed E-state index contributed by atoms with van der Waals surface area (Å²) in [5, 5.41) is 18.1. The zero-order chi connectivity index (χ0) is 26.2. The van der Waals surface area contributed by atoms with Crippen LogP contribution in [0.5, 0.6) is 0 Å². The second kappa shape index (κ2) is 8.22. The van der Waals surface area contributed by atoms with Crippen LogP contribution in [0.25, 0.3) is 80.8 Å². The van der Waals surface area contributed by atoms with Crippen molar-refractivity contribution in [3.8, 4) is 22.5 Å². The highest BCUT2D eigenvalue weighted by atomic mass is 32.1. The molecule has 0 atom stereocenters. The summed E-state index contributed by atoms with van der Waals surface area (Å²) < 4.78 is 4.87. The summed E-state index contributed by atoms with van der Waals surface area (Å²) >= 11 is 1.87. The van der Waals surface area contributed by atoms with Crippen molar-refractivity contribution in [2.45, 2.75) is 0 Å². The third kappa shape index (κ3) is 2.94. The van der Waals surface area contributed by atoms with Crippen molar-refractivity contribution in [3.05, 3.63) is 127 Å². The molecule has 0 amide bonds. The van der Waals surface area contributed by atoms with Gasteiger partial charge in [-0.25, -0.2) is 0 Å². The van der Waals surface area contributed by atoms with Crippen LogP contribution in [0.2, 0.25) is 0 Å². The molecular weight excluding hydrogens is 506 g/mol. The molecule has 0 bridgehead atoms. The minimum absolute atomic E-state index is 0.861. The molecule has 186 valence electrons. The minimum Gasteiger partial charge on any atom is -0.274 e. The third-order valence-electron chi connectivity index (χ3n) is 8.12. The van der Waals surface area contributed by atoms with E-state index in [4.69, 9.17) is 10.2 Å². The van der Waals surface area contributed by atoms with Crippen molar-refractivity contribution in [2.24, 2.45) is 0 Å². The number of aromatic nitrogens is 3. The molecule has 0 saturated heterocycles. The number of thiophene rings is 1. The molecule has 0 aliphatic carbocycles. The number of hydrogen-bond donors (Lipinski definition) is 0. The second-order valence-electron chi connectivity index (χ2n) is 10.2. The van der Waals surface area contributed by atoms with E-state index in [0.717, 1.165) is 27.9 Å². The Kier molecular flexibility index (Phi) is 4.48. The predicted molar refractivity (Wildman–Crippen MR) is 169 cm³/mol. The Labute approximate surface area is 233 Å². The molecule has 3 aromatic heterocycles. The van der Waals surface area contributed by atoms with Gasteiger partial charge in [-0.2, -0.15) is 0 Å². The van der Waals surface area contributed by atoms with Crippen molar-refractivity contribution < 1.29 is 0 Å². The average Bonchev–Trinajstić information content (AvgIpc) is 3.63. The lowest BCUT2D eigenvalue weighted by Gasteiger charge is -2.13. The number of benzene rings is 6. The van der Waals surface area contributed by atoms with E-state index in [0.29, 0.717) is 0 Å². The second-order valence-corrected chi connectivity index (χ2v) is 11.3. The Morgan fingerprint density at radius 2 is 1.02 bits per heavy atom. The van der Waals surface area contributed by atoms with E-state index in [9.17, 15) is 0 Å². The molecule has 9 aromatic rings. The number of rotatable bonds is 2. The summed E-state index contributed by atoms with van der Waals surface area (Å²) in [4.78, 5) is 0. The van der Waals surface area contributed by atoms with Gasteiger partial charge < -0.3 is 0 Å². The van der Waals surface area contributed by atoms with Crippen LogP contribution in [0.3, 0.4) is 0 Å². The zero-order valence-corrected chi connectivity index (χ0v) is 22.2. The van der Waals surface area contributed by atoms with Crippen molar-refractivity contribution in [3.63, 3.8) is 0 Å². The first-order valence-corrected chi connectivity index (χ1v) is 14.3. The molecule has 0 saturated carbocycles. The zero-order valence-electron chi connectivity index (χ0n) is 21.4. The maximum Gasteiger partial charge on any atom is 0.169 e. The smallest absolute Gasteiger partial charge is 0.169 e. The fourth-order valence-electron chi connectivity index (χ4n) is 6.37. The van der Waals surface area contributed by atoms with Crippen molar-refractivity contribution in [1.29, 1.82) is 0 Å². The predicted octanol–water partition coefficient (Wildman–Crippen LogP) is 9.89. The fraction of sp³-hybridized carbons (Fsp3) is 0. The molecule has 0 N–H and O–H groups in total. The molecular formula is C36H21N3S. The Bertz CT molecular complexity index is 2450. The lowest BCUT2D eigenvalue weighted by Crippen LogP contribution is -1.95. The molecule has 3 heterocycles. The van der Waals surface area contributed by atoms with E-state index in [1.54, 1.807) is 0 Å². The largest absolute Gasteiger partial charge is 0.274 e. The van der Waals surface area contributed by atoms with Gasteiger partial charge in [-0.3, -0.25) is 4.40 Å². The first-order valence-electron chi connectivity index (χ1n) is 13.4. The standard InChI is InChI=1S/C36H21N3S/c1-2-13-30-25(10-1)26-11-3-5-20-32(26)39-35(30)37-38-36(39)31-19-8-14-22-23(15-7-16-24(22)31)28-17-9-18-29-27-12-4-6-21-33(27)40-34(28)29/h1-21H. The number of nitrogens with zero attached hydrogens (tertiary/aromatic N) is 3. The van der Waals surface area contributed by atoms with Crippen molar-refractivity contribution in [1.82, 2.24) is 14.6 Å². The third-order valence-corrected chi connectivity index (χ3v) is 9.34. The van der Waals surface area contributed by atoms with E-state index < -0.39 is 0 Å². The van der Waals surface area contributed by atoms with Crippen LogP contribution in [0.4, 0.5) is 0 Å². The molecule has 3 nitrogen and oxygen atoms in total. The molecule has 9 rings (SSSR count). The molecule has 0 unspecified atom stereocenters. The van der Waals surface area contributed by atoms with Crippen LogP contribution >= 0.6 is 11.3 Å². The first kappa shape index (κ1) is 21.8. The minimum atomic E-state index is 0.861. The molecule has 0 aliphatic rings. The highest BCUT2D eigenvalue weighted by molar-refractivity contribution is 7.26. The van der Waals surface area contributed by atoms with Gasteiger partial charge in [0, 0.05) is 42.1 Å². The van der Waals surface area contributed by atoms with Crippen LogP contribution in [0.15, 0.2) is 127 Å². The molecule has 0 aliphatic heterocycles. The highest BCUT2D eigenvalue weighted by Gasteiger charge is 2.19. The normalized spacial score (nSPS) is 12.0. The van der Waals surface area contributed by atoms with E-state index in [2.05, 4.69) is 132 Å². The molecule has 0 fully saturated rings. The fourth-order valence-corrected chi connectivity index (χ4v) is 7.60. The molecule has 0 spiro atoms. The van der Waals surface area contributed by atoms with Gasteiger partial charge in [-0.05, 0) is 33.9 Å². The van der Waals surface area contributed by atoms with Gasteiger partial charge in [0.2, 0.25) is 0 Å². The Hall–Kier alpha value is -5.06. The Morgan fingerprint density at radius 1 is 0.425 bits per heavy atom. The van der Waals surface area contributed by atoms with E-state index in [1.165, 1.54) is 52.8 Å². The van der Waals surface area contributed by atoms with Gasteiger partial charge >= 0.3 is 0 Å². The lowest BCUT2D eigenvalue weighted by molar-refractivity contribution is 1.12. The van der Waals surface area contributed by atoms with Crippen molar-refractivity contribution >= 4 is 69.6 Å². The Balaban J connectivity index is 1.35. The topological polar surface area (TPSA) is 30.2 Å². The quantitative estimate of drug-likeness (QED) is 0.209. The molecule has 0 radical (unpaired) electrons. The number of para-hydroxylation sites is 1. The first-order chi connectivity index (χ1) is 19.9. The van der Waals surface area contributed by atoms with Gasteiger partial charge in [0.1, 0.15) is 0 Å². The summed E-state index contributed by atoms with van der Waals surface area (Å²) in [6.07, 6.45) is 0. The highest BCUT2D eigenvalue weighted by Crippen LogP contribution is 2.43. The number of pyridine rings is 1. The summed E-state index contributed by atoms with van der Waals surface area (Å²) in [7, 11) is 0. The van der Waals surface area contributed by atoms with Gasteiger partial charge in [-0.15, -0.1) is 21.5 Å². The van der Waals surface area contributed by atoms with Crippen LogP contribution in [0.1, 0.15) is 0 Å². The van der Waals surface area contributed by atoms with Gasteiger partial charge in [-0.1, -0.05) is 115 Å². The van der Waals surface area contributed by atoms with E-state index in [1.807, 2.05) is 11.3 Å². The molecule has 6 aromatic carbocycles. The molecule has 40 heavy (non-hydrogen) atoms. The van der Waals surface area contributed by atoms with E-state index in [-0.39, 0.29) is 0 Å². The number of hydrogen-bond acceptors (Lipinski definition) is 3. The summed E-state index contributed by atoms with van der Waals surface area (Å²) in [6.45, 7) is 0. The van der Waals surface area contributed by atoms with Crippen LogP contribution in [-0.4, -0.2) is 14.6 Å². The summed E-state index contributed by atoms with van der Waals surface area (Å²) in [5.74, 6) is 0.861. The van der Waals surface area contributed by atoms with Crippen LogP contribution in [0, 0.1) is 0 Å². The van der Waals surface area contributed by atoms with E-state index >= 15 is 0 Å². The summed E-state index contributed by atoms with van der Waals surface area (Å²) in [6, 6.07) is 45.6. The van der Waals surface area contributed by atoms with Gasteiger partial charge in [0.15, 0.2) is 11.5 Å². The van der Waals surface area contributed by atoms with Crippen LogP contribution in [-0.2, 0) is 0 Å². The maximum atomic E-state index is 4.81. The Morgan fingerprint density at radius 3 is 1.88 bits per heavy atom. The maximum absolute atomic E-state index is 4.81. The van der Waals surface area contributed by atoms with Crippen LogP contribution < -0.4 is 0 Å². The van der Waals surface area contributed by atoms with Gasteiger partial charge in [0.05, 0.1) is 5.52 Å². The van der Waals surface area contributed by atoms with Gasteiger partial charge in [0.25, 0.3) is 0 Å². The van der Waals surface area contributed by atoms with Crippen molar-refractivity contribution in [2.75, 3.05) is 0 Å². The number of fused-ring (bicyclic) bond motifs is 10. The lowest BCUT2D eigenvalue weighted by atomic mass is 9.94. The SMILES string of the molecule is c1ccc2c(c1)sc1c(-c3cccc4c(-c5nnc6c7ccccc7c7ccccc7n56)cccc34)cccc12. The average molecular weight is 528 g/mol.